The van der Waals surface area contributed by atoms with Crippen LogP contribution in [0.5, 0.6) is 0 Å². The van der Waals surface area contributed by atoms with E-state index in [1.54, 1.807) is 0 Å². The normalized spacial score (nSPS) is 45.2. The molecule has 0 bridgehead atoms. The van der Waals surface area contributed by atoms with Gasteiger partial charge in [0, 0.05) is 12.8 Å². The number of hydrogen-bond donors (Lipinski definition) is 0. The summed E-state index contributed by atoms with van der Waals surface area (Å²) in [4.78, 5) is 22.7. The topological polar surface area (TPSA) is 55.7 Å². The molecule has 3 saturated carbocycles. The van der Waals surface area contributed by atoms with E-state index >= 15 is 0 Å². The third kappa shape index (κ3) is 2.82. The molecule has 0 saturated heterocycles. The van der Waals surface area contributed by atoms with E-state index in [-0.39, 0.29) is 12.1 Å². The highest BCUT2D eigenvalue weighted by molar-refractivity contribution is 5.66. The number of esters is 1. The van der Waals surface area contributed by atoms with Crippen LogP contribution in [0.25, 0.3) is 0 Å². The average molecular weight is 341 g/mol. The van der Waals surface area contributed by atoms with Gasteiger partial charge in [0.25, 0.3) is 0 Å². The van der Waals surface area contributed by atoms with Crippen molar-refractivity contribution in [2.24, 2.45) is 40.7 Å². The fourth-order valence-electron chi connectivity index (χ4n) is 6.57. The minimum atomic E-state index is -0.514. The predicted octanol–water partition coefficient (Wildman–Crippen LogP) is 4.10. The van der Waals surface area contributed by atoms with Crippen LogP contribution in [0.15, 0.2) is 16.8 Å². The molecule has 0 aromatic rings. The summed E-state index contributed by atoms with van der Waals surface area (Å²) in [5, 5.41) is 3.23. The Morgan fingerprint density at radius 2 is 1.88 bits per heavy atom. The number of fused-ring (bicyclic) bond motifs is 5. The van der Waals surface area contributed by atoms with Gasteiger partial charge in [-0.1, -0.05) is 16.8 Å². The van der Waals surface area contributed by atoms with Crippen LogP contribution < -0.4 is 0 Å². The summed E-state index contributed by atoms with van der Waals surface area (Å²) in [5.41, 5.74) is 1.39. The summed E-state index contributed by atoms with van der Waals surface area (Å²) in [6.07, 6.45) is 15.4. The van der Waals surface area contributed by atoms with Gasteiger partial charge >= 0.3 is 5.97 Å². The first-order valence-electron chi connectivity index (χ1n) is 9.78. The maximum Gasteiger partial charge on any atom is 0.302 e. The van der Waals surface area contributed by atoms with Crippen LogP contribution in [-0.2, 0) is 9.53 Å². The molecule has 8 atom stereocenters. The molecule has 4 aliphatic carbocycles. The van der Waals surface area contributed by atoms with E-state index in [4.69, 9.17) is 11.2 Å². The molecule has 0 radical (unpaired) electrons. The first kappa shape index (κ1) is 16.8. The van der Waals surface area contributed by atoms with Gasteiger partial charge in [-0.25, -0.2) is 0 Å². The van der Waals surface area contributed by atoms with Gasteiger partial charge in [-0.05, 0) is 74.5 Å². The minimum Gasteiger partial charge on any atom is -0.460 e. The molecule has 0 amide bonds. The third-order valence-electron chi connectivity index (χ3n) is 7.48. The van der Waals surface area contributed by atoms with Gasteiger partial charge in [0.05, 0.1) is 0 Å². The maximum absolute atomic E-state index is 11.4. The molecule has 0 heterocycles. The van der Waals surface area contributed by atoms with Crippen LogP contribution in [0.3, 0.4) is 0 Å². The van der Waals surface area contributed by atoms with Crippen LogP contribution in [-0.4, -0.2) is 18.1 Å². The quantitative estimate of drug-likeness (QED) is 0.329. The Balaban J connectivity index is 1.56. The number of ether oxygens (including phenoxy) is 1. The Kier molecular flexibility index (Phi) is 4.43. The Bertz CT molecular complexity index is 634. The Morgan fingerprint density at radius 3 is 2.60 bits per heavy atom. The van der Waals surface area contributed by atoms with Crippen molar-refractivity contribution in [1.29, 1.82) is 0 Å². The molecule has 0 N–H and O–H groups in total. The summed E-state index contributed by atoms with van der Waals surface area (Å²) in [7, 11) is 0. The molecule has 0 aromatic carbocycles. The van der Waals surface area contributed by atoms with E-state index in [0.29, 0.717) is 23.7 Å². The molecule has 2 unspecified atom stereocenters. The zero-order valence-electron chi connectivity index (χ0n) is 14.9. The molecular formula is C21H27NO3. The largest absolute Gasteiger partial charge is 0.460 e. The molecule has 4 heteroatoms. The standard InChI is InChI=1S/C21H27NO3/c1-3-13-4-6-16-15(13)8-9-18-17(16)7-5-14-10-20(22-24)21(11-19(14)18)25-12(2)23/h1,10,13,15-21H,4-9,11H2,2H3/t13-,15+,16+,17-,18-,19-,20?,21?/m0/s1. The number of terminal acetylenes is 1. The molecular weight excluding hydrogens is 314 g/mol. The molecule has 134 valence electrons. The minimum absolute atomic E-state index is 0.320. The average Bonchev–Trinajstić information content (AvgIpc) is 3.03. The second-order valence-electron chi connectivity index (χ2n) is 8.45. The van der Waals surface area contributed by atoms with Crippen molar-refractivity contribution < 1.29 is 9.53 Å². The van der Waals surface area contributed by atoms with Crippen LogP contribution in [0.4, 0.5) is 0 Å². The summed E-state index contributed by atoms with van der Waals surface area (Å²) in [6.45, 7) is 1.41. The SMILES string of the molecule is C#C[C@H]1CC[C@H]2[C@@H]3CCC4=CC(N=O)C(OC(C)=O)C[C@@H]4[C@H]3CC[C@@H]21. The van der Waals surface area contributed by atoms with E-state index in [1.807, 2.05) is 6.08 Å². The fraction of sp³-hybridized carbons (Fsp3) is 0.762. The van der Waals surface area contributed by atoms with Crippen molar-refractivity contribution in [2.45, 2.75) is 64.0 Å². The Morgan fingerprint density at radius 1 is 1.16 bits per heavy atom. The van der Waals surface area contributed by atoms with E-state index in [9.17, 15) is 9.70 Å². The number of allylic oxidation sites excluding steroid dienone is 1. The first-order chi connectivity index (χ1) is 12.1. The fourth-order valence-corrected chi connectivity index (χ4v) is 6.57. The summed E-state index contributed by atoms with van der Waals surface area (Å²) >= 11 is 0. The van der Waals surface area contributed by atoms with Gasteiger partial charge in [-0.2, -0.15) is 4.91 Å². The van der Waals surface area contributed by atoms with E-state index in [0.717, 1.165) is 24.7 Å². The second kappa shape index (κ2) is 6.59. The number of rotatable bonds is 2. The second-order valence-corrected chi connectivity index (χ2v) is 8.45. The van der Waals surface area contributed by atoms with Crippen molar-refractivity contribution in [3.8, 4) is 12.3 Å². The van der Waals surface area contributed by atoms with Crippen LogP contribution in [0, 0.1) is 52.8 Å². The summed E-state index contributed by atoms with van der Waals surface area (Å²) in [5.74, 6) is 6.54. The van der Waals surface area contributed by atoms with Gasteiger partial charge in [0.2, 0.25) is 0 Å². The van der Waals surface area contributed by atoms with Gasteiger partial charge in [-0.3, -0.25) is 4.79 Å². The van der Waals surface area contributed by atoms with Gasteiger partial charge in [-0.15, -0.1) is 12.3 Å². The summed E-state index contributed by atoms with van der Waals surface area (Å²) in [6, 6.07) is -0.514. The van der Waals surface area contributed by atoms with Crippen molar-refractivity contribution in [3.63, 3.8) is 0 Å². The van der Waals surface area contributed by atoms with Gasteiger partial charge in [0.1, 0.15) is 12.1 Å². The molecule has 0 aliphatic heterocycles. The van der Waals surface area contributed by atoms with Crippen LogP contribution in [0.2, 0.25) is 0 Å². The molecule has 25 heavy (non-hydrogen) atoms. The molecule has 4 aliphatic rings. The Labute approximate surface area is 149 Å². The van der Waals surface area contributed by atoms with Crippen molar-refractivity contribution in [1.82, 2.24) is 0 Å². The highest BCUT2D eigenvalue weighted by Gasteiger charge is 2.51. The molecule has 4 nitrogen and oxygen atoms in total. The lowest BCUT2D eigenvalue weighted by Crippen LogP contribution is -2.45. The summed E-state index contributed by atoms with van der Waals surface area (Å²) < 4.78 is 5.44. The van der Waals surface area contributed by atoms with Crippen LogP contribution >= 0.6 is 0 Å². The maximum atomic E-state index is 11.4. The lowest BCUT2D eigenvalue weighted by atomic mass is 9.55. The van der Waals surface area contributed by atoms with Gasteiger partial charge in [0.15, 0.2) is 0 Å². The third-order valence-corrected chi connectivity index (χ3v) is 7.48. The lowest BCUT2D eigenvalue weighted by molar-refractivity contribution is -0.148. The number of hydrogen-bond acceptors (Lipinski definition) is 4. The van der Waals surface area contributed by atoms with Crippen molar-refractivity contribution in [2.75, 3.05) is 0 Å². The van der Waals surface area contributed by atoms with E-state index < -0.39 is 6.04 Å². The number of carbonyl (C=O) groups is 1. The van der Waals surface area contributed by atoms with E-state index in [2.05, 4.69) is 11.1 Å². The monoisotopic (exact) mass is 341 g/mol. The number of carbonyl (C=O) groups excluding carboxylic acids is 1. The molecule has 0 aromatic heterocycles. The zero-order chi connectivity index (χ0) is 17.6. The lowest BCUT2D eigenvalue weighted by Gasteiger charge is -2.50. The number of nitroso groups, excluding NO2 is 1. The highest BCUT2D eigenvalue weighted by Crippen LogP contribution is 2.58. The smallest absolute Gasteiger partial charge is 0.302 e. The predicted molar refractivity (Wildman–Crippen MR) is 95.3 cm³/mol. The van der Waals surface area contributed by atoms with Crippen molar-refractivity contribution in [3.05, 3.63) is 16.6 Å². The first-order valence-corrected chi connectivity index (χ1v) is 9.78. The van der Waals surface area contributed by atoms with Crippen LogP contribution in [0.1, 0.15) is 51.9 Å². The van der Waals surface area contributed by atoms with Gasteiger partial charge < -0.3 is 4.74 Å². The number of nitrogens with zero attached hydrogens (tertiary/aromatic N) is 1. The molecule has 3 fully saturated rings. The molecule has 0 spiro atoms. The zero-order valence-corrected chi connectivity index (χ0v) is 14.9. The Hall–Kier alpha value is -1.63. The van der Waals surface area contributed by atoms with Crippen molar-refractivity contribution >= 4 is 5.97 Å². The van der Waals surface area contributed by atoms with E-state index in [1.165, 1.54) is 44.6 Å². The highest BCUT2D eigenvalue weighted by atomic mass is 16.5. The molecule has 4 rings (SSSR count).